The van der Waals surface area contributed by atoms with Gasteiger partial charge in [0.1, 0.15) is 11.5 Å². The molecule has 0 unspecified atom stereocenters. The number of ether oxygens (including phenoxy) is 1. The lowest BCUT2D eigenvalue weighted by atomic mass is 10.2. The number of hydrogen-bond donors (Lipinski definition) is 2. The SMILES string of the molecule is CCCCCCCOc1ccccc1/C=N\NC(=O)c1ccccc1O. The number of rotatable bonds is 10. The molecule has 2 aromatic carbocycles. The highest BCUT2D eigenvalue weighted by molar-refractivity contribution is 5.97. The van der Waals surface area contributed by atoms with Gasteiger partial charge in [-0.3, -0.25) is 4.79 Å². The number of para-hydroxylation sites is 2. The zero-order valence-electron chi connectivity index (χ0n) is 15.1. The van der Waals surface area contributed by atoms with Crippen molar-refractivity contribution in [3.63, 3.8) is 0 Å². The molecule has 0 aromatic heterocycles. The highest BCUT2D eigenvalue weighted by Gasteiger charge is 2.08. The normalized spacial score (nSPS) is 10.8. The molecule has 0 atom stereocenters. The Bertz CT molecular complexity index is 729. The standard InChI is InChI=1S/C21H26N2O3/c1-2-3-4-5-10-15-26-20-14-9-6-11-17(20)16-22-23-21(25)18-12-7-8-13-19(18)24/h6-9,11-14,16,24H,2-5,10,15H2,1H3,(H,23,25)/b22-16-. The van der Waals surface area contributed by atoms with E-state index in [2.05, 4.69) is 17.5 Å². The molecule has 0 saturated heterocycles. The summed E-state index contributed by atoms with van der Waals surface area (Å²) in [5.74, 6) is 0.198. The first-order valence-corrected chi connectivity index (χ1v) is 9.05. The molecule has 0 aliphatic rings. The fourth-order valence-corrected chi connectivity index (χ4v) is 2.49. The molecule has 5 heteroatoms. The predicted molar refractivity (Wildman–Crippen MR) is 104 cm³/mol. The summed E-state index contributed by atoms with van der Waals surface area (Å²) in [6.07, 6.45) is 7.47. The molecule has 2 aromatic rings. The Morgan fingerprint density at radius 2 is 1.81 bits per heavy atom. The Kier molecular flexibility index (Phi) is 8.19. The van der Waals surface area contributed by atoms with E-state index in [1.54, 1.807) is 18.3 Å². The quantitative estimate of drug-likeness (QED) is 0.375. The number of phenolic OH excluding ortho intramolecular Hbond substituents is 1. The first-order chi connectivity index (χ1) is 12.7. The topological polar surface area (TPSA) is 70.9 Å². The summed E-state index contributed by atoms with van der Waals surface area (Å²) in [7, 11) is 0. The number of amides is 1. The van der Waals surface area contributed by atoms with Crippen LogP contribution in [0, 0.1) is 0 Å². The number of carbonyl (C=O) groups is 1. The van der Waals surface area contributed by atoms with Crippen molar-refractivity contribution in [3.05, 3.63) is 59.7 Å². The summed E-state index contributed by atoms with van der Waals surface area (Å²) in [6.45, 7) is 2.86. The van der Waals surface area contributed by atoms with Gasteiger partial charge in [0.25, 0.3) is 5.91 Å². The van der Waals surface area contributed by atoms with Crippen LogP contribution in [0.25, 0.3) is 0 Å². The third kappa shape index (κ3) is 6.24. The van der Waals surface area contributed by atoms with E-state index >= 15 is 0 Å². The second kappa shape index (κ2) is 10.9. The van der Waals surface area contributed by atoms with Gasteiger partial charge >= 0.3 is 0 Å². The van der Waals surface area contributed by atoms with Crippen LogP contribution < -0.4 is 10.2 Å². The number of unbranched alkanes of at least 4 members (excludes halogenated alkanes) is 4. The van der Waals surface area contributed by atoms with Crippen LogP contribution in [0.4, 0.5) is 0 Å². The molecule has 0 aliphatic heterocycles. The average molecular weight is 354 g/mol. The molecule has 0 saturated carbocycles. The molecule has 0 aliphatic carbocycles. The van der Waals surface area contributed by atoms with E-state index in [-0.39, 0.29) is 11.3 Å². The summed E-state index contributed by atoms with van der Waals surface area (Å²) in [6, 6.07) is 13.9. The van der Waals surface area contributed by atoms with Crippen LogP contribution in [0.1, 0.15) is 54.9 Å². The maximum Gasteiger partial charge on any atom is 0.275 e. The summed E-state index contributed by atoms with van der Waals surface area (Å²) in [4.78, 5) is 12.0. The second-order valence-electron chi connectivity index (χ2n) is 6.02. The lowest BCUT2D eigenvalue weighted by molar-refractivity contribution is 0.0952. The molecule has 0 radical (unpaired) electrons. The third-order valence-corrected chi connectivity index (χ3v) is 3.94. The van der Waals surface area contributed by atoms with Gasteiger partial charge in [-0.25, -0.2) is 5.43 Å². The predicted octanol–water partition coefficient (Wildman–Crippen LogP) is 4.51. The minimum absolute atomic E-state index is 0.0768. The van der Waals surface area contributed by atoms with E-state index in [0.29, 0.717) is 6.61 Å². The lowest BCUT2D eigenvalue weighted by Gasteiger charge is -2.09. The Balaban J connectivity index is 1.88. The molecule has 0 fully saturated rings. The van der Waals surface area contributed by atoms with Crippen LogP contribution in [-0.4, -0.2) is 23.8 Å². The first kappa shape index (κ1) is 19.5. The number of benzene rings is 2. The summed E-state index contributed by atoms with van der Waals surface area (Å²) >= 11 is 0. The third-order valence-electron chi connectivity index (χ3n) is 3.94. The van der Waals surface area contributed by atoms with E-state index in [1.807, 2.05) is 24.3 Å². The largest absolute Gasteiger partial charge is 0.507 e. The number of phenols is 1. The number of hydrazone groups is 1. The van der Waals surface area contributed by atoms with Crippen LogP contribution in [0.2, 0.25) is 0 Å². The number of nitrogens with zero attached hydrogens (tertiary/aromatic N) is 1. The van der Waals surface area contributed by atoms with Crippen molar-refractivity contribution in [2.24, 2.45) is 5.10 Å². The molecule has 138 valence electrons. The second-order valence-corrected chi connectivity index (χ2v) is 6.02. The molecule has 2 N–H and O–H groups in total. The van der Waals surface area contributed by atoms with Crippen LogP contribution >= 0.6 is 0 Å². The zero-order valence-corrected chi connectivity index (χ0v) is 15.1. The number of hydrogen-bond acceptors (Lipinski definition) is 4. The van der Waals surface area contributed by atoms with E-state index in [9.17, 15) is 9.90 Å². The smallest absolute Gasteiger partial charge is 0.275 e. The average Bonchev–Trinajstić information content (AvgIpc) is 2.66. The molecule has 1 amide bonds. The van der Waals surface area contributed by atoms with Gasteiger partial charge in [0, 0.05) is 5.56 Å². The molecule has 0 bridgehead atoms. The monoisotopic (exact) mass is 354 g/mol. The van der Waals surface area contributed by atoms with E-state index < -0.39 is 5.91 Å². The minimum Gasteiger partial charge on any atom is -0.507 e. The maximum absolute atomic E-state index is 12.0. The van der Waals surface area contributed by atoms with Crippen molar-refractivity contribution in [1.82, 2.24) is 5.43 Å². The molecule has 0 heterocycles. The van der Waals surface area contributed by atoms with Gasteiger partial charge in [0.2, 0.25) is 0 Å². The van der Waals surface area contributed by atoms with Crippen LogP contribution in [0.5, 0.6) is 11.5 Å². The highest BCUT2D eigenvalue weighted by Crippen LogP contribution is 2.17. The molecular formula is C21H26N2O3. The minimum atomic E-state index is -0.464. The molecule has 2 rings (SSSR count). The summed E-state index contributed by atoms with van der Waals surface area (Å²) in [5, 5.41) is 13.7. The molecule has 26 heavy (non-hydrogen) atoms. The lowest BCUT2D eigenvalue weighted by Crippen LogP contribution is -2.17. The summed E-state index contributed by atoms with van der Waals surface area (Å²) in [5.41, 5.74) is 3.39. The molecule has 0 spiro atoms. The van der Waals surface area contributed by atoms with Gasteiger partial charge < -0.3 is 9.84 Å². The first-order valence-electron chi connectivity index (χ1n) is 9.05. The van der Waals surface area contributed by atoms with E-state index in [4.69, 9.17) is 4.74 Å². The zero-order chi connectivity index (χ0) is 18.6. The van der Waals surface area contributed by atoms with Crippen molar-refractivity contribution in [1.29, 1.82) is 0 Å². The van der Waals surface area contributed by atoms with Gasteiger partial charge in [-0.15, -0.1) is 0 Å². The van der Waals surface area contributed by atoms with Gasteiger partial charge in [-0.05, 0) is 30.7 Å². The Hall–Kier alpha value is -2.82. The fraction of sp³-hybridized carbons (Fsp3) is 0.333. The van der Waals surface area contributed by atoms with Crippen molar-refractivity contribution in [3.8, 4) is 11.5 Å². The number of nitrogens with one attached hydrogen (secondary N) is 1. The van der Waals surface area contributed by atoms with Gasteiger partial charge in [0.15, 0.2) is 0 Å². The van der Waals surface area contributed by atoms with Gasteiger partial charge in [0.05, 0.1) is 18.4 Å². The number of carbonyl (C=O) groups excluding carboxylic acids is 1. The Morgan fingerprint density at radius 1 is 1.08 bits per heavy atom. The van der Waals surface area contributed by atoms with Crippen molar-refractivity contribution in [2.75, 3.05) is 6.61 Å². The molecular weight excluding hydrogens is 328 g/mol. The highest BCUT2D eigenvalue weighted by atomic mass is 16.5. The van der Waals surface area contributed by atoms with Crippen molar-refractivity contribution >= 4 is 12.1 Å². The van der Waals surface area contributed by atoms with Crippen molar-refractivity contribution < 1.29 is 14.6 Å². The Morgan fingerprint density at radius 3 is 2.62 bits per heavy atom. The van der Waals surface area contributed by atoms with Gasteiger partial charge in [-0.2, -0.15) is 5.10 Å². The van der Waals surface area contributed by atoms with E-state index in [0.717, 1.165) is 17.7 Å². The van der Waals surface area contributed by atoms with E-state index in [1.165, 1.54) is 37.8 Å². The number of aromatic hydroxyl groups is 1. The maximum atomic E-state index is 12.0. The molecule has 5 nitrogen and oxygen atoms in total. The van der Waals surface area contributed by atoms with Crippen LogP contribution in [-0.2, 0) is 0 Å². The fourth-order valence-electron chi connectivity index (χ4n) is 2.49. The summed E-state index contributed by atoms with van der Waals surface area (Å²) < 4.78 is 5.83. The van der Waals surface area contributed by atoms with Crippen molar-refractivity contribution in [2.45, 2.75) is 39.0 Å². The van der Waals surface area contributed by atoms with Gasteiger partial charge in [-0.1, -0.05) is 56.9 Å². The van der Waals surface area contributed by atoms with Crippen LogP contribution in [0.15, 0.2) is 53.6 Å². The van der Waals surface area contributed by atoms with Crippen LogP contribution in [0.3, 0.4) is 0 Å². The Labute approximate surface area is 154 Å².